The lowest BCUT2D eigenvalue weighted by atomic mass is 10.7. The number of hydrogen-bond acceptors (Lipinski definition) is 4. The third-order valence-corrected chi connectivity index (χ3v) is 1.32. The number of amidine groups is 2. The highest BCUT2D eigenvalue weighted by atomic mass is 16.5. The van der Waals surface area contributed by atoms with Crippen LogP contribution in [-0.4, -0.2) is 38.3 Å². The molecule has 0 unspecified atom stereocenters. The van der Waals surface area contributed by atoms with Crippen LogP contribution in [0.2, 0.25) is 0 Å². The fourth-order valence-electron chi connectivity index (χ4n) is 0.682. The minimum Gasteiger partial charge on any atom is -0.479 e. The Morgan fingerprint density at radius 3 is 2.22 bits per heavy atom. The monoisotopic (exact) mass is 251 g/mol. The van der Waals surface area contributed by atoms with Crippen LogP contribution in [0.3, 0.4) is 0 Å². The van der Waals surface area contributed by atoms with E-state index >= 15 is 0 Å². The Kier molecular flexibility index (Phi) is 9.66. The molecule has 0 fully saturated rings. The number of hydrogen-bond donors (Lipinski definition) is 1. The molecule has 0 rings (SSSR count). The number of ether oxygens (including phenoxy) is 3. The van der Waals surface area contributed by atoms with Crippen molar-refractivity contribution in [1.29, 1.82) is 5.41 Å². The molecule has 0 saturated carbocycles. The van der Waals surface area contributed by atoms with Gasteiger partial charge >= 0.3 is 12.0 Å². The van der Waals surface area contributed by atoms with Gasteiger partial charge in [-0.05, 0) is 0 Å². The average molecular weight is 251 g/mol. The molecule has 0 aliphatic carbocycles. The topological polar surface area (TPSA) is 76.3 Å². The summed E-state index contributed by atoms with van der Waals surface area (Å²) in [5.41, 5.74) is 0. The quantitative estimate of drug-likeness (QED) is 0.325. The molecule has 0 atom stereocenters. The van der Waals surface area contributed by atoms with E-state index in [9.17, 15) is 0 Å². The first-order valence-corrected chi connectivity index (χ1v) is 5.14. The summed E-state index contributed by atoms with van der Waals surface area (Å²) >= 11 is 0. The van der Waals surface area contributed by atoms with Gasteiger partial charge in [-0.25, -0.2) is 5.41 Å². The van der Waals surface area contributed by atoms with Crippen molar-refractivity contribution in [3.05, 3.63) is 38.0 Å². The van der Waals surface area contributed by atoms with Gasteiger partial charge in [0, 0.05) is 0 Å². The molecule has 18 heavy (non-hydrogen) atoms. The van der Waals surface area contributed by atoms with Crippen molar-refractivity contribution in [2.24, 2.45) is 9.98 Å². The predicted octanol–water partition coefficient (Wildman–Crippen LogP) is 1.91. The van der Waals surface area contributed by atoms with Gasteiger partial charge in [0.1, 0.15) is 19.8 Å². The van der Waals surface area contributed by atoms with Crippen molar-refractivity contribution in [2.45, 2.75) is 0 Å². The molecule has 6 nitrogen and oxygen atoms in total. The van der Waals surface area contributed by atoms with Gasteiger partial charge in [-0.3, -0.25) is 0 Å². The summed E-state index contributed by atoms with van der Waals surface area (Å²) in [5, 5.41) is 7.38. The highest BCUT2D eigenvalue weighted by Gasteiger charge is 2.00. The Morgan fingerprint density at radius 1 is 1.00 bits per heavy atom. The van der Waals surface area contributed by atoms with Crippen molar-refractivity contribution >= 4 is 18.4 Å². The summed E-state index contributed by atoms with van der Waals surface area (Å²) in [6, 6.07) is -0.372. The van der Waals surface area contributed by atoms with Gasteiger partial charge in [-0.2, -0.15) is 4.99 Å². The van der Waals surface area contributed by atoms with E-state index in [0.717, 1.165) is 6.40 Å². The van der Waals surface area contributed by atoms with Gasteiger partial charge in [-0.1, -0.05) is 38.0 Å². The second-order valence-corrected chi connectivity index (χ2v) is 2.76. The Hall–Kier alpha value is -2.37. The standard InChI is InChI=1S/C12H17N3O3/c1-4-7-16-10-14-12(18-9-6-3)15-11(13)17-8-5-2/h4-6,10,13H,1-3,7-9H2/b13-11?,14-10+,15-12+. The summed E-state index contributed by atoms with van der Waals surface area (Å²) in [5.74, 6) is 0. The molecule has 0 aromatic heterocycles. The lowest BCUT2D eigenvalue weighted by Crippen LogP contribution is -2.09. The van der Waals surface area contributed by atoms with Gasteiger partial charge in [0.05, 0.1) is 0 Å². The summed E-state index contributed by atoms with van der Waals surface area (Å²) in [6.45, 7) is 11.2. The fourth-order valence-corrected chi connectivity index (χ4v) is 0.682. The van der Waals surface area contributed by atoms with Crippen LogP contribution in [0, 0.1) is 5.41 Å². The zero-order valence-electron chi connectivity index (χ0n) is 10.2. The Bertz CT molecular complexity index is 348. The van der Waals surface area contributed by atoms with Crippen LogP contribution in [0.15, 0.2) is 47.9 Å². The minimum absolute atomic E-state index is 0.0481. The first-order valence-electron chi connectivity index (χ1n) is 5.14. The maximum atomic E-state index is 7.38. The molecule has 0 aromatic rings. The summed E-state index contributed by atoms with van der Waals surface area (Å²) in [4.78, 5) is 7.49. The van der Waals surface area contributed by atoms with E-state index in [1.807, 2.05) is 0 Å². The molecule has 98 valence electrons. The van der Waals surface area contributed by atoms with E-state index in [0.29, 0.717) is 6.61 Å². The normalized spacial score (nSPS) is 10.8. The van der Waals surface area contributed by atoms with E-state index in [1.165, 1.54) is 12.2 Å². The average Bonchev–Trinajstić information content (AvgIpc) is 2.38. The van der Waals surface area contributed by atoms with Crippen molar-refractivity contribution in [1.82, 2.24) is 0 Å². The maximum absolute atomic E-state index is 7.38. The molecule has 0 amide bonds. The van der Waals surface area contributed by atoms with Crippen LogP contribution in [0.25, 0.3) is 0 Å². The van der Waals surface area contributed by atoms with Gasteiger partial charge in [-0.15, -0.1) is 4.99 Å². The third kappa shape index (κ3) is 8.90. The Labute approximate surface area is 107 Å². The third-order valence-electron chi connectivity index (χ3n) is 1.32. The molecule has 0 saturated heterocycles. The lowest BCUT2D eigenvalue weighted by Gasteiger charge is -2.03. The molecular formula is C12H17N3O3. The maximum Gasteiger partial charge on any atom is 0.324 e. The molecule has 0 aromatic carbocycles. The van der Waals surface area contributed by atoms with E-state index in [2.05, 4.69) is 29.7 Å². The number of aliphatic imine (C=N–C) groups is 2. The highest BCUT2D eigenvalue weighted by Crippen LogP contribution is 1.90. The molecule has 0 aliphatic rings. The Morgan fingerprint density at radius 2 is 1.61 bits per heavy atom. The highest BCUT2D eigenvalue weighted by molar-refractivity contribution is 5.91. The largest absolute Gasteiger partial charge is 0.479 e. The number of nitrogens with one attached hydrogen (secondary N) is 1. The molecule has 6 heteroatoms. The SMILES string of the molecule is C=CCO/C=N/C(=N\C(=N)OCC=C)OCC=C. The van der Waals surface area contributed by atoms with Crippen LogP contribution in [0.5, 0.6) is 0 Å². The second kappa shape index (κ2) is 11.1. The first-order chi connectivity index (χ1) is 8.74. The molecule has 1 N–H and O–H groups in total. The van der Waals surface area contributed by atoms with Crippen molar-refractivity contribution in [2.75, 3.05) is 19.8 Å². The van der Waals surface area contributed by atoms with Gasteiger partial charge in [0.15, 0.2) is 6.40 Å². The fraction of sp³-hybridized carbons (Fsp3) is 0.250. The van der Waals surface area contributed by atoms with Crippen molar-refractivity contribution in [3.8, 4) is 0 Å². The molecule has 0 heterocycles. The number of rotatable bonds is 7. The minimum atomic E-state index is -0.324. The molecule has 0 radical (unpaired) electrons. The van der Waals surface area contributed by atoms with E-state index in [-0.39, 0.29) is 25.3 Å². The predicted molar refractivity (Wildman–Crippen MR) is 72.1 cm³/mol. The van der Waals surface area contributed by atoms with Crippen LogP contribution in [0.4, 0.5) is 0 Å². The second-order valence-electron chi connectivity index (χ2n) is 2.76. The van der Waals surface area contributed by atoms with E-state index < -0.39 is 0 Å². The van der Waals surface area contributed by atoms with Gasteiger partial charge in [0.25, 0.3) is 0 Å². The van der Waals surface area contributed by atoms with Crippen molar-refractivity contribution < 1.29 is 14.2 Å². The van der Waals surface area contributed by atoms with Gasteiger partial charge < -0.3 is 14.2 Å². The van der Waals surface area contributed by atoms with Crippen LogP contribution in [0.1, 0.15) is 0 Å². The van der Waals surface area contributed by atoms with Crippen molar-refractivity contribution in [3.63, 3.8) is 0 Å². The lowest BCUT2D eigenvalue weighted by molar-refractivity contribution is 0.325. The molecular weight excluding hydrogens is 234 g/mol. The van der Waals surface area contributed by atoms with E-state index in [1.54, 1.807) is 6.08 Å². The summed E-state index contributed by atoms with van der Waals surface area (Å²) in [6.07, 6.45) is 5.77. The molecule has 0 spiro atoms. The zero-order valence-corrected chi connectivity index (χ0v) is 10.2. The van der Waals surface area contributed by atoms with Crippen LogP contribution in [-0.2, 0) is 14.2 Å². The number of nitrogens with zero attached hydrogens (tertiary/aromatic N) is 2. The molecule has 0 bridgehead atoms. The smallest absolute Gasteiger partial charge is 0.324 e. The van der Waals surface area contributed by atoms with Gasteiger partial charge in [0.2, 0.25) is 0 Å². The first kappa shape index (κ1) is 15.6. The Balaban J connectivity index is 4.43. The summed E-state index contributed by atoms with van der Waals surface area (Å²) < 4.78 is 14.9. The molecule has 0 aliphatic heterocycles. The van der Waals surface area contributed by atoms with Crippen LogP contribution < -0.4 is 0 Å². The van der Waals surface area contributed by atoms with E-state index in [4.69, 9.17) is 19.6 Å². The summed E-state index contributed by atoms with van der Waals surface area (Å²) in [7, 11) is 0. The van der Waals surface area contributed by atoms with Crippen LogP contribution >= 0.6 is 0 Å². The zero-order chi connectivity index (χ0) is 13.6.